The lowest BCUT2D eigenvalue weighted by Crippen LogP contribution is -2.39. The van der Waals surface area contributed by atoms with Gasteiger partial charge in [-0.15, -0.1) is 0 Å². The quantitative estimate of drug-likeness (QED) is 0.370. The van der Waals surface area contributed by atoms with Crippen LogP contribution in [0.15, 0.2) is 24.3 Å². The molecule has 0 saturated carbocycles. The Labute approximate surface area is 163 Å². The molecule has 0 spiro atoms. The van der Waals surface area contributed by atoms with E-state index >= 15 is 0 Å². The Bertz CT molecular complexity index is 559. The van der Waals surface area contributed by atoms with Crippen LogP contribution < -0.4 is 10.1 Å². The maximum atomic E-state index is 12.2. The Balaban J connectivity index is 2.14. The van der Waals surface area contributed by atoms with Crippen molar-refractivity contribution in [3.8, 4) is 5.75 Å². The molecule has 0 aliphatic rings. The smallest absolute Gasteiger partial charge is 0.328 e. The normalized spacial score (nSPS) is 11.7. The fraction of sp³-hybridized carbons (Fsp3) is 0.636. The molecule has 5 nitrogen and oxygen atoms in total. The Morgan fingerprint density at radius 3 is 2.26 bits per heavy atom. The maximum absolute atomic E-state index is 12.2. The summed E-state index contributed by atoms with van der Waals surface area (Å²) in [6, 6.07) is 6.14. The molecule has 1 aromatic rings. The number of hydrogen-bond donors (Lipinski definition) is 1. The van der Waals surface area contributed by atoms with Gasteiger partial charge in [0.1, 0.15) is 11.8 Å². The van der Waals surface area contributed by atoms with E-state index in [1.54, 1.807) is 38.3 Å². The Morgan fingerprint density at radius 2 is 1.63 bits per heavy atom. The summed E-state index contributed by atoms with van der Waals surface area (Å²) in [7, 11) is 1.55. The molecule has 1 unspecified atom stereocenters. The number of unbranched alkanes of at least 4 members (excludes halogenated alkanes) is 8. The molecular formula is C22H35NO4. The van der Waals surface area contributed by atoms with Crippen LogP contribution in [0.3, 0.4) is 0 Å². The van der Waals surface area contributed by atoms with Crippen LogP contribution in [0, 0.1) is 0 Å². The summed E-state index contributed by atoms with van der Waals surface area (Å²) < 4.78 is 10.4. The number of esters is 1. The van der Waals surface area contributed by atoms with Crippen LogP contribution in [-0.2, 0) is 9.53 Å². The van der Waals surface area contributed by atoms with Crippen LogP contribution in [0.2, 0.25) is 0 Å². The number of benzene rings is 1. The molecule has 0 saturated heterocycles. The van der Waals surface area contributed by atoms with Gasteiger partial charge >= 0.3 is 5.97 Å². The topological polar surface area (TPSA) is 64.6 Å². The van der Waals surface area contributed by atoms with Gasteiger partial charge in [-0.2, -0.15) is 0 Å². The summed E-state index contributed by atoms with van der Waals surface area (Å²) in [5, 5.41) is 2.66. The van der Waals surface area contributed by atoms with E-state index in [1.165, 1.54) is 44.9 Å². The molecule has 0 radical (unpaired) electrons. The Kier molecular flexibility index (Phi) is 12.0. The fourth-order valence-corrected chi connectivity index (χ4v) is 2.81. The van der Waals surface area contributed by atoms with Crippen LogP contribution in [0.4, 0.5) is 0 Å². The van der Waals surface area contributed by atoms with Gasteiger partial charge in [-0.05, 0) is 31.5 Å². The molecule has 0 aromatic heterocycles. The van der Waals surface area contributed by atoms with Crippen molar-refractivity contribution in [2.45, 2.75) is 77.7 Å². The molecule has 27 heavy (non-hydrogen) atoms. The number of rotatable bonds is 14. The molecule has 1 amide bonds. The van der Waals surface area contributed by atoms with E-state index in [0.717, 1.165) is 12.8 Å². The molecule has 0 aliphatic carbocycles. The zero-order valence-electron chi connectivity index (χ0n) is 17.1. The average Bonchev–Trinajstić information content (AvgIpc) is 2.69. The van der Waals surface area contributed by atoms with Crippen molar-refractivity contribution in [2.24, 2.45) is 0 Å². The number of ether oxygens (including phenoxy) is 2. The van der Waals surface area contributed by atoms with Crippen molar-refractivity contribution in [1.29, 1.82) is 0 Å². The monoisotopic (exact) mass is 377 g/mol. The summed E-state index contributed by atoms with van der Waals surface area (Å²) in [5.41, 5.74) is 0.452. The molecular weight excluding hydrogens is 342 g/mol. The molecule has 0 heterocycles. The molecule has 0 bridgehead atoms. The second-order valence-corrected chi connectivity index (χ2v) is 6.92. The summed E-state index contributed by atoms with van der Waals surface area (Å²) in [5.74, 6) is -0.115. The van der Waals surface area contributed by atoms with Crippen LogP contribution in [0.25, 0.3) is 0 Å². The first kappa shape index (κ1) is 23.0. The predicted octanol–water partition coefficient (Wildman–Crippen LogP) is 4.89. The predicted molar refractivity (Wildman–Crippen MR) is 108 cm³/mol. The lowest BCUT2D eigenvalue weighted by atomic mass is 10.1. The summed E-state index contributed by atoms with van der Waals surface area (Å²) in [4.78, 5) is 24.2. The average molecular weight is 378 g/mol. The largest absolute Gasteiger partial charge is 0.497 e. The lowest BCUT2D eigenvalue weighted by molar-refractivity contribution is -0.145. The first-order valence-corrected chi connectivity index (χ1v) is 10.2. The van der Waals surface area contributed by atoms with Gasteiger partial charge in [-0.25, -0.2) is 4.79 Å². The molecule has 5 heteroatoms. The minimum atomic E-state index is -0.678. The Morgan fingerprint density at radius 1 is 1.00 bits per heavy atom. The van der Waals surface area contributed by atoms with E-state index in [0.29, 0.717) is 17.9 Å². The van der Waals surface area contributed by atoms with Crippen molar-refractivity contribution in [2.75, 3.05) is 13.7 Å². The molecule has 0 fully saturated rings. The van der Waals surface area contributed by atoms with E-state index in [-0.39, 0.29) is 5.91 Å². The molecule has 1 aromatic carbocycles. The number of carbonyl (C=O) groups is 2. The molecule has 152 valence electrons. The summed E-state index contributed by atoms with van der Waals surface area (Å²) >= 11 is 0. The minimum Gasteiger partial charge on any atom is -0.497 e. The van der Waals surface area contributed by atoms with E-state index in [2.05, 4.69) is 12.2 Å². The van der Waals surface area contributed by atoms with E-state index in [1.807, 2.05) is 0 Å². The highest BCUT2D eigenvalue weighted by Gasteiger charge is 2.18. The molecule has 1 rings (SSSR count). The van der Waals surface area contributed by atoms with Gasteiger partial charge in [0.05, 0.1) is 13.7 Å². The highest BCUT2D eigenvalue weighted by Crippen LogP contribution is 2.13. The van der Waals surface area contributed by atoms with E-state index in [9.17, 15) is 9.59 Å². The highest BCUT2D eigenvalue weighted by atomic mass is 16.5. The Hall–Kier alpha value is -2.04. The van der Waals surface area contributed by atoms with Crippen molar-refractivity contribution < 1.29 is 19.1 Å². The second kappa shape index (κ2) is 14.1. The van der Waals surface area contributed by atoms with Crippen molar-refractivity contribution >= 4 is 11.9 Å². The van der Waals surface area contributed by atoms with Crippen LogP contribution >= 0.6 is 0 Å². The van der Waals surface area contributed by atoms with Gasteiger partial charge in [0.2, 0.25) is 0 Å². The second-order valence-electron chi connectivity index (χ2n) is 6.92. The number of carbonyl (C=O) groups excluding carboxylic acids is 2. The maximum Gasteiger partial charge on any atom is 0.328 e. The van der Waals surface area contributed by atoms with Gasteiger partial charge < -0.3 is 14.8 Å². The van der Waals surface area contributed by atoms with Crippen LogP contribution in [-0.4, -0.2) is 31.6 Å². The van der Waals surface area contributed by atoms with Crippen LogP contribution in [0.5, 0.6) is 5.75 Å². The third kappa shape index (κ3) is 10.0. The fourth-order valence-electron chi connectivity index (χ4n) is 2.81. The lowest BCUT2D eigenvalue weighted by Gasteiger charge is -2.14. The van der Waals surface area contributed by atoms with Crippen molar-refractivity contribution in [3.63, 3.8) is 0 Å². The molecule has 1 atom stereocenters. The SMILES string of the molecule is CCCCCCCCCCCOC(=O)C(C)NC(=O)c1cccc(OC)c1. The van der Waals surface area contributed by atoms with Gasteiger partial charge in [-0.1, -0.05) is 64.4 Å². The number of nitrogens with one attached hydrogen (secondary N) is 1. The van der Waals surface area contributed by atoms with Gasteiger partial charge in [0.15, 0.2) is 0 Å². The zero-order chi connectivity index (χ0) is 19.9. The summed E-state index contributed by atoms with van der Waals surface area (Å²) in [6.07, 6.45) is 11.0. The number of amides is 1. The highest BCUT2D eigenvalue weighted by molar-refractivity contribution is 5.97. The third-order valence-electron chi connectivity index (χ3n) is 4.53. The standard InChI is InChI=1S/C22H35NO4/c1-4-5-6-7-8-9-10-11-12-16-27-22(25)18(2)23-21(24)19-14-13-15-20(17-19)26-3/h13-15,17-18H,4-12,16H2,1-3H3,(H,23,24). The third-order valence-corrected chi connectivity index (χ3v) is 4.53. The first-order valence-electron chi connectivity index (χ1n) is 10.2. The van der Waals surface area contributed by atoms with Crippen LogP contribution in [0.1, 0.15) is 82.0 Å². The van der Waals surface area contributed by atoms with Gasteiger partial charge in [-0.3, -0.25) is 4.79 Å². The van der Waals surface area contributed by atoms with Crippen molar-refractivity contribution in [3.05, 3.63) is 29.8 Å². The first-order chi connectivity index (χ1) is 13.1. The number of methoxy groups -OCH3 is 1. The zero-order valence-corrected chi connectivity index (χ0v) is 17.1. The summed E-state index contributed by atoms with van der Waals surface area (Å²) in [6.45, 7) is 4.27. The minimum absolute atomic E-state index is 0.318. The van der Waals surface area contributed by atoms with E-state index in [4.69, 9.17) is 9.47 Å². The van der Waals surface area contributed by atoms with Gasteiger partial charge in [0.25, 0.3) is 5.91 Å². The van der Waals surface area contributed by atoms with Gasteiger partial charge in [0, 0.05) is 5.56 Å². The molecule has 0 aliphatic heterocycles. The van der Waals surface area contributed by atoms with Crippen molar-refractivity contribution in [1.82, 2.24) is 5.32 Å². The number of hydrogen-bond acceptors (Lipinski definition) is 4. The molecule has 1 N–H and O–H groups in total. The van der Waals surface area contributed by atoms with E-state index < -0.39 is 12.0 Å².